The van der Waals surface area contributed by atoms with Crippen molar-refractivity contribution in [2.45, 2.75) is 19.9 Å². The van der Waals surface area contributed by atoms with Crippen molar-refractivity contribution in [3.05, 3.63) is 54.4 Å². The Hall–Kier alpha value is -3.10. The molecule has 0 spiro atoms. The van der Waals surface area contributed by atoms with Crippen LogP contribution >= 0.6 is 11.9 Å². The lowest BCUT2D eigenvalue weighted by molar-refractivity contribution is 0.0986. The van der Waals surface area contributed by atoms with E-state index in [1.165, 1.54) is 0 Å². The molecule has 2 N–H and O–H groups in total. The van der Waals surface area contributed by atoms with Crippen LogP contribution < -0.4 is 9.62 Å². The number of ether oxygens (including phenoxy) is 1. The van der Waals surface area contributed by atoms with Gasteiger partial charge in [-0.05, 0) is 54.8 Å². The van der Waals surface area contributed by atoms with E-state index in [0.29, 0.717) is 13.2 Å². The van der Waals surface area contributed by atoms with E-state index in [1.807, 2.05) is 18.5 Å². The van der Waals surface area contributed by atoms with Gasteiger partial charge in [-0.2, -0.15) is 5.10 Å². The lowest BCUT2D eigenvalue weighted by atomic mass is 9.97. The van der Waals surface area contributed by atoms with Crippen molar-refractivity contribution in [3.8, 4) is 22.5 Å². The summed E-state index contributed by atoms with van der Waals surface area (Å²) in [4.78, 5) is 12.2. The fourth-order valence-corrected chi connectivity index (χ4v) is 4.62. The van der Waals surface area contributed by atoms with Gasteiger partial charge in [0.1, 0.15) is 17.0 Å². The predicted octanol–water partition coefficient (Wildman–Crippen LogP) is 4.91. The summed E-state index contributed by atoms with van der Waals surface area (Å²) in [6, 6.07) is 13.0. The number of benzene rings is 1. The molecule has 0 bridgehead atoms. The Morgan fingerprint density at radius 2 is 2.06 bits per heavy atom. The lowest BCUT2D eigenvalue weighted by Gasteiger charge is -2.34. The molecule has 1 aliphatic heterocycles. The average molecular weight is 447 g/mol. The highest BCUT2D eigenvalue weighted by Gasteiger charge is 2.23. The second kappa shape index (κ2) is 8.80. The van der Waals surface area contributed by atoms with Crippen LogP contribution in [-0.4, -0.2) is 52.2 Å². The molecular formula is C24H26N6OS. The van der Waals surface area contributed by atoms with Gasteiger partial charge in [-0.3, -0.25) is 10.1 Å². The van der Waals surface area contributed by atoms with Gasteiger partial charge in [-0.25, -0.2) is 4.98 Å². The average Bonchev–Trinajstić information content (AvgIpc) is 3.34. The van der Waals surface area contributed by atoms with Crippen LogP contribution in [0.3, 0.4) is 0 Å². The Balaban J connectivity index is 1.76. The number of aryl methyl sites for hydroxylation is 1. The van der Waals surface area contributed by atoms with E-state index >= 15 is 0 Å². The summed E-state index contributed by atoms with van der Waals surface area (Å²) in [6.45, 7) is 6.49. The third-order valence-electron chi connectivity index (χ3n) is 5.85. The van der Waals surface area contributed by atoms with Crippen molar-refractivity contribution in [2.75, 3.05) is 35.6 Å². The molecule has 4 aromatic rings. The van der Waals surface area contributed by atoms with Crippen molar-refractivity contribution < 1.29 is 4.74 Å². The van der Waals surface area contributed by atoms with Gasteiger partial charge in [-0.1, -0.05) is 24.1 Å². The number of hydrogen-bond acceptors (Lipinski definition) is 7. The predicted molar refractivity (Wildman–Crippen MR) is 132 cm³/mol. The molecule has 0 aliphatic carbocycles. The number of nitrogens with zero attached hydrogens (tertiary/aromatic N) is 4. The Morgan fingerprint density at radius 3 is 2.78 bits per heavy atom. The number of H-pyrrole nitrogens is 1. The minimum Gasteiger partial charge on any atom is -0.377 e. The standard InChI is InChI=1S/C24H26N6OS/c1-15-13-25-23(20-8-9-26-28-20)24-22(15)19(17-4-6-18(7-5-17)29-32-3)12-21(27-24)30-10-11-31-14-16(30)2/h4-9,12-13,16,29H,10-11,14H2,1-3H3,(H,26,28). The highest BCUT2D eigenvalue weighted by Crippen LogP contribution is 2.37. The summed E-state index contributed by atoms with van der Waals surface area (Å²) < 4.78 is 8.96. The van der Waals surface area contributed by atoms with Crippen LogP contribution in [0.15, 0.2) is 48.8 Å². The zero-order valence-electron chi connectivity index (χ0n) is 18.4. The smallest absolute Gasteiger partial charge is 0.130 e. The molecule has 8 heteroatoms. The number of morpholine rings is 1. The molecule has 3 aromatic heterocycles. The number of anilines is 2. The minimum absolute atomic E-state index is 0.253. The van der Waals surface area contributed by atoms with Crippen molar-refractivity contribution in [3.63, 3.8) is 0 Å². The first-order chi connectivity index (χ1) is 15.7. The zero-order chi connectivity index (χ0) is 22.1. The Bertz CT molecular complexity index is 1230. The van der Waals surface area contributed by atoms with Crippen LogP contribution in [0.2, 0.25) is 0 Å². The first-order valence-corrected chi connectivity index (χ1v) is 11.9. The number of aromatic nitrogens is 4. The molecule has 1 aliphatic rings. The summed E-state index contributed by atoms with van der Waals surface area (Å²) in [5.74, 6) is 0.947. The number of fused-ring (bicyclic) bond motifs is 1. The van der Waals surface area contributed by atoms with Gasteiger partial charge in [0.25, 0.3) is 0 Å². The molecular weight excluding hydrogens is 420 g/mol. The topological polar surface area (TPSA) is 79.0 Å². The molecule has 1 atom stereocenters. The molecule has 0 saturated carbocycles. The maximum absolute atomic E-state index is 5.67. The third kappa shape index (κ3) is 3.80. The summed E-state index contributed by atoms with van der Waals surface area (Å²) in [5.41, 5.74) is 7.03. The van der Waals surface area contributed by atoms with Gasteiger partial charge in [0.05, 0.1) is 24.9 Å². The lowest BCUT2D eigenvalue weighted by Crippen LogP contribution is -2.44. The number of pyridine rings is 2. The van der Waals surface area contributed by atoms with Crippen molar-refractivity contribution in [1.29, 1.82) is 0 Å². The normalized spacial score (nSPS) is 16.5. The van der Waals surface area contributed by atoms with Gasteiger partial charge in [0.15, 0.2) is 0 Å². The molecule has 4 heterocycles. The zero-order valence-corrected chi connectivity index (χ0v) is 19.2. The number of aromatic amines is 1. The number of nitrogens with one attached hydrogen (secondary N) is 2. The van der Waals surface area contributed by atoms with Crippen LogP contribution in [0.25, 0.3) is 33.4 Å². The van der Waals surface area contributed by atoms with Crippen LogP contribution in [-0.2, 0) is 4.74 Å². The van der Waals surface area contributed by atoms with E-state index in [2.05, 4.69) is 64.0 Å². The summed E-state index contributed by atoms with van der Waals surface area (Å²) >= 11 is 1.59. The Morgan fingerprint density at radius 1 is 1.22 bits per heavy atom. The van der Waals surface area contributed by atoms with Gasteiger partial charge < -0.3 is 14.4 Å². The quantitative estimate of drug-likeness (QED) is 0.422. The molecule has 7 nitrogen and oxygen atoms in total. The second-order valence-electron chi connectivity index (χ2n) is 8.01. The molecule has 0 amide bonds. The van der Waals surface area contributed by atoms with E-state index in [-0.39, 0.29) is 6.04 Å². The number of rotatable bonds is 5. The summed E-state index contributed by atoms with van der Waals surface area (Å²) in [7, 11) is 0. The van der Waals surface area contributed by atoms with E-state index < -0.39 is 0 Å². The van der Waals surface area contributed by atoms with E-state index in [9.17, 15) is 0 Å². The van der Waals surface area contributed by atoms with E-state index in [1.54, 1.807) is 18.1 Å². The first-order valence-electron chi connectivity index (χ1n) is 10.7. The van der Waals surface area contributed by atoms with Gasteiger partial charge in [-0.15, -0.1) is 0 Å². The largest absolute Gasteiger partial charge is 0.377 e. The van der Waals surface area contributed by atoms with Crippen LogP contribution in [0.5, 0.6) is 0 Å². The van der Waals surface area contributed by atoms with Crippen LogP contribution in [0.1, 0.15) is 12.5 Å². The molecule has 164 valence electrons. The highest BCUT2D eigenvalue weighted by molar-refractivity contribution is 7.99. The number of hydrogen-bond donors (Lipinski definition) is 2. The molecule has 0 radical (unpaired) electrons. The van der Waals surface area contributed by atoms with E-state index in [0.717, 1.165) is 57.0 Å². The van der Waals surface area contributed by atoms with Gasteiger partial charge in [0.2, 0.25) is 0 Å². The molecule has 1 aromatic carbocycles. The van der Waals surface area contributed by atoms with Crippen LogP contribution in [0.4, 0.5) is 11.5 Å². The Labute approximate surface area is 191 Å². The summed E-state index contributed by atoms with van der Waals surface area (Å²) in [5, 5.41) is 8.30. The fraction of sp³-hybridized carbons (Fsp3) is 0.292. The van der Waals surface area contributed by atoms with Crippen molar-refractivity contribution in [1.82, 2.24) is 20.2 Å². The fourth-order valence-electron chi connectivity index (χ4n) is 4.25. The minimum atomic E-state index is 0.253. The van der Waals surface area contributed by atoms with E-state index in [4.69, 9.17) is 14.7 Å². The molecule has 1 unspecified atom stereocenters. The van der Waals surface area contributed by atoms with Gasteiger partial charge in [0, 0.05) is 36.3 Å². The van der Waals surface area contributed by atoms with Gasteiger partial charge >= 0.3 is 0 Å². The van der Waals surface area contributed by atoms with Crippen LogP contribution in [0, 0.1) is 6.92 Å². The summed E-state index contributed by atoms with van der Waals surface area (Å²) in [6.07, 6.45) is 5.69. The maximum atomic E-state index is 5.67. The molecule has 1 fully saturated rings. The SMILES string of the molecule is CSNc1ccc(-c2cc(N3CCOCC3C)nc3c(-c4ccn[nH]4)ncc(C)c23)cc1. The molecule has 1 saturated heterocycles. The monoisotopic (exact) mass is 446 g/mol. The molecule has 32 heavy (non-hydrogen) atoms. The Kier molecular flexibility index (Phi) is 5.71. The highest BCUT2D eigenvalue weighted by atomic mass is 32.2. The van der Waals surface area contributed by atoms with Crippen molar-refractivity contribution >= 4 is 34.4 Å². The third-order valence-corrected chi connectivity index (χ3v) is 6.29. The molecule has 5 rings (SSSR count). The second-order valence-corrected chi connectivity index (χ2v) is 8.62. The maximum Gasteiger partial charge on any atom is 0.130 e. The van der Waals surface area contributed by atoms with Crippen molar-refractivity contribution in [2.24, 2.45) is 0 Å². The first kappa shape index (κ1) is 20.8.